The Morgan fingerprint density at radius 3 is 2.69 bits per heavy atom. The molecule has 0 saturated heterocycles. The summed E-state index contributed by atoms with van der Waals surface area (Å²) in [7, 11) is 1.96. The van der Waals surface area contributed by atoms with Crippen molar-refractivity contribution in [3.63, 3.8) is 0 Å². The van der Waals surface area contributed by atoms with Crippen molar-refractivity contribution in [2.45, 2.75) is 13.0 Å². The van der Waals surface area contributed by atoms with Gasteiger partial charge in [0.15, 0.2) is 0 Å². The number of pyridine rings is 1. The number of hydrogen-bond acceptors (Lipinski definition) is 2. The standard InChI is InChI=1S/C9H12Cl2N2/c1-7(5-10)13(2)9-4-3-8(11)6-12-9/h3-4,6-7H,5H2,1-2H3. The molecule has 0 aliphatic carbocycles. The minimum absolute atomic E-state index is 0.273. The molecule has 0 radical (unpaired) electrons. The predicted molar refractivity (Wildman–Crippen MR) is 57.8 cm³/mol. The molecule has 2 nitrogen and oxygen atoms in total. The van der Waals surface area contributed by atoms with Gasteiger partial charge in [0.05, 0.1) is 5.02 Å². The van der Waals surface area contributed by atoms with Crippen molar-refractivity contribution in [1.29, 1.82) is 0 Å². The van der Waals surface area contributed by atoms with Crippen LogP contribution >= 0.6 is 23.2 Å². The van der Waals surface area contributed by atoms with Crippen molar-refractivity contribution < 1.29 is 0 Å². The van der Waals surface area contributed by atoms with E-state index in [1.54, 1.807) is 6.20 Å². The molecule has 0 fully saturated rings. The smallest absolute Gasteiger partial charge is 0.128 e. The van der Waals surface area contributed by atoms with E-state index in [0.717, 1.165) is 5.82 Å². The summed E-state index contributed by atoms with van der Waals surface area (Å²) in [6, 6.07) is 3.97. The molecule has 0 saturated carbocycles. The molecule has 72 valence electrons. The Labute approximate surface area is 88.5 Å². The van der Waals surface area contributed by atoms with Crippen LogP contribution in [0.1, 0.15) is 6.92 Å². The fourth-order valence-electron chi connectivity index (χ4n) is 0.906. The number of anilines is 1. The monoisotopic (exact) mass is 218 g/mol. The lowest BCUT2D eigenvalue weighted by Gasteiger charge is -2.23. The third-order valence-electron chi connectivity index (χ3n) is 1.96. The summed E-state index contributed by atoms with van der Waals surface area (Å²) in [5, 5.41) is 0.649. The first-order chi connectivity index (χ1) is 6.15. The number of nitrogens with zero attached hydrogens (tertiary/aromatic N) is 2. The molecular formula is C9H12Cl2N2. The van der Waals surface area contributed by atoms with E-state index in [1.807, 2.05) is 31.0 Å². The summed E-state index contributed by atoms with van der Waals surface area (Å²) >= 11 is 11.5. The SMILES string of the molecule is CC(CCl)N(C)c1ccc(Cl)cn1. The van der Waals surface area contributed by atoms with Crippen LogP contribution in [0, 0.1) is 0 Å². The highest BCUT2D eigenvalue weighted by atomic mass is 35.5. The lowest BCUT2D eigenvalue weighted by molar-refractivity contribution is 0.749. The van der Waals surface area contributed by atoms with E-state index in [2.05, 4.69) is 4.98 Å². The molecule has 0 aromatic carbocycles. The van der Waals surface area contributed by atoms with E-state index in [-0.39, 0.29) is 6.04 Å². The van der Waals surface area contributed by atoms with E-state index in [1.165, 1.54) is 0 Å². The second-order valence-electron chi connectivity index (χ2n) is 2.95. The van der Waals surface area contributed by atoms with Gasteiger partial charge in [-0.2, -0.15) is 0 Å². The summed E-state index contributed by atoms with van der Waals surface area (Å²) in [5.41, 5.74) is 0. The van der Waals surface area contributed by atoms with Gasteiger partial charge in [-0.05, 0) is 19.1 Å². The first-order valence-electron chi connectivity index (χ1n) is 4.05. The van der Waals surface area contributed by atoms with Crippen LogP contribution in [0.4, 0.5) is 5.82 Å². The van der Waals surface area contributed by atoms with Crippen molar-refractivity contribution in [2.75, 3.05) is 17.8 Å². The zero-order valence-corrected chi connectivity index (χ0v) is 9.18. The second-order valence-corrected chi connectivity index (χ2v) is 3.69. The molecule has 1 aromatic heterocycles. The van der Waals surface area contributed by atoms with Crippen LogP contribution in [-0.4, -0.2) is 24.0 Å². The highest BCUT2D eigenvalue weighted by molar-refractivity contribution is 6.30. The lowest BCUT2D eigenvalue weighted by Crippen LogP contribution is -2.30. The molecule has 4 heteroatoms. The van der Waals surface area contributed by atoms with Gasteiger partial charge < -0.3 is 4.90 Å². The second kappa shape index (κ2) is 4.68. The van der Waals surface area contributed by atoms with Gasteiger partial charge >= 0.3 is 0 Å². The molecule has 1 unspecified atom stereocenters. The first kappa shape index (κ1) is 10.6. The van der Waals surface area contributed by atoms with Gasteiger partial charge in [0.25, 0.3) is 0 Å². The van der Waals surface area contributed by atoms with Gasteiger partial charge in [-0.3, -0.25) is 0 Å². The average molecular weight is 219 g/mol. The van der Waals surface area contributed by atoms with Gasteiger partial charge in [0.1, 0.15) is 5.82 Å². The summed E-state index contributed by atoms with van der Waals surface area (Å²) in [5.74, 6) is 1.47. The number of halogens is 2. The van der Waals surface area contributed by atoms with Crippen LogP contribution in [-0.2, 0) is 0 Å². The van der Waals surface area contributed by atoms with E-state index in [0.29, 0.717) is 10.9 Å². The zero-order chi connectivity index (χ0) is 9.84. The zero-order valence-electron chi connectivity index (χ0n) is 7.67. The molecule has 0 spiro atoms. The highest BCUT2D eigenvalue weighted by Gasteiger charge is 2.08. The number of hydrogen-bond donors (Lipinski definition) is 0. The molecule has 1 rings (SSSR count). The van der Waals surface area contributed by atoms with Crippen molar-refractivity contribution >= 4 is 29.0 Å². The van der Waals surface area contributed by atoms with Crippen molar-refractivity contribution in [2.24, 2.45) is 0 Å². The first-order valence-corrected chi connectivity index (χ1v) is 4.96. The fraction of sp³-hybridized carbons (Fsp3) is 0.444. The Morgan fingerprint density at radius 2 is 2.23 bits per heavy atom. The maximum atomic E-state index is 5.73. The normalized spacial score (nSPS) is 12.6. The number of aromatic nitrogens is 1. The number of alkyl halides is 1. The van der Waals surface area contributed by atoms with Crippen LogP contribution in [0.25, 0.3) is 0 Å². The topological polar surface area (TPSA) is 16.1 Å². The quantitative estimate of drug-likeness (QED) is 0.726. The Kier molecular flexibility index (Phi) is 3.82. The summed E-state index contributed by atoms with van der Waals surface area (Å²) in [6.45, 7) is 2.04. The Balaban J connectivity index is 2.77. The molecule has 0 amide bonds. The lowest BCUT2D eigenvalue weighted by atomic mass is 10.3. The van der Waals surface area contributed by atoms with Gasteiger partial charge in [-0.1, -0.05) is 11.6 Å². The van der Waals surface area contributed by atoms with E-state index < -0.39 is 0 Å². The average Bonchev–Trinajstić information content (AvgIpc) is 2.17. The van der Waals surface area contributed by atoms with Gasteiger partial charge in [0, 0.05) is 25.2 Å². The minimum Gasteiger partial charge on any atom is -0.356 e. The minimum atomic E-state index is 0.273. The Bertz CT molecular complexity index is 261. The van der Waals surface area contributed by atoms with E-state index in [9.17, 15) is 0 Å². The van der Waals surface area contributed by atoms with E-state index in [4.69, 9.17) is 23.2 Å². The van der Waals surface area contributed by atoms with Crippen LogP contribution in [0.2, 0.25) is 5.02 Å². The largest absolute Gasteiger partial charge is 0.356 e. The van der Waals surface area contributed by atoms with Crippen molar-refractivity contribution in [3.8, 4) is 0 Å². The van der Waals surface area contributed by atoms with Crippen LogP contribution in [0.3, 0.4) is 0 Å². The van der Waals surface area contributed by atoms with Gasteiger partial charge in [0.2, 0.25) is 0 Å². The molecule has 0 bridgehead atoms. The summed E-state index contributed by atoms with van der Waals surface area (Å²) < 4.78 is 0. The molecule has 1 heterocycles. The number of rotatable bonds is 3. The molecule has 1 atom stereocenters. The van der Waals surface area contributed by atoms with Crippen molar-refractivity contribution in [1.82, 2.24) is 4.98 Å². The fourth-order valence-corrected chi connectivity index (χ4v) is 1.22. The predicted octanol–water partition coefficient (Wildman–Crippen LogP) is 2.80. The third-order valence-corrected chi connectivity index (χ3v) is 2.63. The third kappa shape index (κ3) is 2.75. The van der Waals surface area contributed by atoms with Crippen LogP contribution in [0.15, 0.2) is 18.3 Å². The molecule has 0 aliphatic rings. The summed E-state index contributed by atoms with van der Waals surface area (Å²) in [4.78, 5) is 6.20. The molecule has 0 N–H and O–H groups in total. The highest BCUT2D eigenvalue weighted by Crippen LogP contribution is 2.15. The van der Waals surface area contributed by atoms with Gasteiger partial charge in [-0.25, -0.2) is 4.98 Å². The molecular weight excluding hydrogens is 207 g/mol. The van der Waals surface area contributed by atoms with Crippen LogP contribution < -0.4 is 4.90 Å². The molecule has 1 aromatic rings. The van der Waals surface area contributed by atoms with Crippen molar-refractivity contribution in [3.05, 3.63) is 23.4 Å². The summed E-state index contributed by atoms with van der Waals surface area (Å²) in [6.07, 6.45) is 1.63. The molecule has 0 aliphatic heterocycles. The van der Waals surface area contributed by atoms with Crippen LogP contribution in [0.5, 0.6) is 0 Å². The van der Waals surface area contributed by atoms with E-state index >= 15 is 0 Å². The Morgan fingerprint density at radius 1 is 1.54 bits per heavy atom. The molecule has 13 heavy (non-hydrogen) atoms. The maximum absolute atomic E-state index is 5.73. The maximum Gasteiger partial charge on any atom is 0.128 e. The van der Waals surface area contributed by atoms with Gasteiger partial charge in [-0.15, -0.1) is 11.6 Å². The Hall–Kier alpha value is -0.470.